The lowest BCUT2D eigenvalue weighted by Gasteiger charge is -2.42. The van der Waals surface area contributed by atoms with Crippen LogP contribution in [0.2, 0.25) is 0 Å². The Morgan fingerprint density at radius 1 is 1.10 bits per heavy atom. The molecular weight excluding hydrogens is 270 g/mol. The molecule has 114 valence electrons. The summed E-state index contributed by atoms with van der Waals surface area (Å²) in [6.07, 6.45) is 3.16. The number of carbonyl (C=O) groups excluding carboxylic acids is 1. The molecule has 21 heavy (non-hydrogen) atoms. The van der Waals surface area contributed by atoms with Crippen LogP contribution in [0, 0.1) is 0 Å². The van der Waals surface area contributed by atoms with E-state index in [2.05, 4.69) is 0 Å². The largest absolute Gasteiger partial charge is 0.449 e. The molecule has 0 atom stereocenters. The second-order valence-corrected chi connectivity index (χ2v) is 4.42. The fraction of sp³-hybridized carbons (Fsp3) is 0.438. The number of rotatable bonds is 5. The highest BCUT2D eigenvalue weighted by atomic mass is 16.7. The summed E-state index contributed by atoms with van der Waals surface area (Å²) < 4.78 is 16.7. The Labute approximate surface area is 125 Å². The normalized spacial score (nSPS) is 15.7. The molecule has 0 N–H and O–H groups in total. The molecule has 0 saturated heterocycles. The van der Waals surface area contributed by atoms with Crippen LogP contribution in [0.3, 0.4) is 0 Å². The highest BCUT2D eigenvalue weighted by Gasteiger charge is 2.44. The van der Waals surface area contributed by atoms with Crippen LogP contribution >= 0.6 is 0 Å². The maximum Gasteiger partial charge on any atom is 0.418 e. The predicted octanol–water partition coefficient (Wildman–Crippen LogP) is 3.40. The molecule has 1 aliphatic heterocycles. The summed E-state index contributed by atoms with van der Waals surface area (Å²) in [5, 5.41) is 0. The summed E-state index contributed by atoms with van der Waals surface area (Å²) in [5.41, 5.74) is 1.63. The van der Waals surface area contributed by atoms with Gasteiger partial charge in [-0.2, -0.15) is 0 Å². The van der Waals surface area contributed by atoms with Gasteiger partial charge in [-0.3, -0.25) is 0 Å². The van der Waals surface area contributed by atoms with E-state index in [9.17, 15) is 4.79 Å². The van der Waals surface area contributed by atoms with Gasteiger partial charge in [0.25, 0.3) is 5.91 Å². The van der Waals surface area contributed by atoms with Crippen LogP contribution in [-0.2, 0) is 14.2 Å². The van der Waals surface area contributed by atoms with E-state index in [1.54, 1.807) is 13.0 Å². The number of carbonyl (C=O) groups is 1. The molecule has 0 aliphatic carbocycles. The number of ether oxygens (including phenoxy) is 3. The van der Waals surface area contributed by atoms with Gasteiger partial charge in [-0.05, 0) is 44.6 Å². The summed E-state index contributed by atoms with van der Waals surface area (Å²) in [6, 6.07) is 7.57. The molecular formula is C16H21NO4. The monoisotopic (exact) mass is 291 g/mol. The van der Waals surface area contributed by atoms with Crippen molar-refractivity contribution in [3.8, 4) is 0 Å². The zero-order valence-electron chi connectivity index (χ0n) is 12.7. The first kappa shape index (κ1) is 15.5. The van der Waals surface area contributed by atoms with Crippen molar-refractivity contribution in [2.75, 3.05) is 24.7 Å². The zero-order valence-corrected chi connectivity index (χ0v) is 12.7. The van der Waals surface area contributed by atoms with E-state index < -0.39 is 12.0 Å². The average Bonchev–Trinajstić information content (AvgIpc) is 2.48. The van der Waals surface area contributed by atoms with Gasteiger partial charge in [0, 0.05) is 13.2 Å². The number of amides is 1. The number of anilines is 1. The van der Waals surface area contributed by atoms with Crippen molar-refractivity contribution < 1.29 is 19.0 Å². The Morgan fingerprint density at radius 2 is 1.76 bits per heavy atom. The maximum absolute atomic E-state index is 12.4. The van der Waals surface area contributed by atoms with E-state index in [4.69, 9.17) is 14.2 Å². The highest BCUT2D eigenvalue weighted by molar-refractivity contribution is 5.94. The van der Waals surface area contributed by atoms with Crippen LogP contribution in [0.1, 0.15) is 26.3 Å². The third-order valence-electron chi connectivity index (χ3n) is 3.12. The molecule has 1 aromatic carbocycles. The molecule has 0 saturated carbocycles. The van der Waals surface area contributed by atoms with Gasteiger partial charge in [0.1, 0.15) is 0 Å². The quantitative estimate of drug-likeness (QED) is 0.780. The Kier molecular flexibility index (Phi) is 4.98. The number of nitrogens with zero attached hydrogens (tertiary/aromatic N) is 1. The average molecular weight is 291 g/mol. The van der Waals surface area contributed by atoms with Crippen LogP contribution in [-0.4, -0.2) is 31.8 Å². The number of para-hydroxylation sites is 1. The van der Waals surface area contributed by atoms with Gasteiger partial charge in [-0.15, -0.1) is 0 Å². The molecule has 0 radical (unpaired) electrons. The first-order valence-corrected chi connectivity index (χ1v) is 7.21. The Bertz CT molecular complexity index is 521. The minimum absolute atomic E-state index is 0.287. The molecule has 1 heterocycles. The summed E-state index contributed by atoms with van der Waals surface area (Å²) in [6.45, 7) is 6.59. The molecule has 1 aliphatic rings. The molecule has 0 fully saturated rings. The van der Waals surface area contributed by atoms with E-state index in [-0.39, 0.29) is 6.61 Å². The lowest BCUT2D eigenvalue weighted by molar-refractivity contribution is -0.195. The van der Waals surface area contributed by atoms with Crippen LogP contribution in [0.5, 0.6) is 0 Å². The second kappa shape index (κ2) is 6.74. The smallest absolute Gasteiger partial charge is 0.418 e. The highest BCUT2D eigenvalue weighted by Crippen LogP contribution is 2.37. The Balaban J connectivity index is 2.51. The van der Waals surface area contributed by atoms with E-state index in [1.165, 1.54) is 4.90 Å². The molecule has 1 aromatic rings. The van der Waals surface area contributed by atoms with Gasteiger partial charge >= 0.3 is 6.09 Å². The molecule has 0 aromatic heterocycles. The van der Waals surface area contributed by atoms with Gasteiger partial charge in [-0.1, -0.05) is 18.2 Å². The van der Waals surface area contributed by atoms with Gasteiger partial charge in [0.15, 0.2) is 0 Å². The van der Waals surface area contributed by atoms with E-state index in [1.807, 2.05) is 44.2 Å². The lowest BCUT2D eigenvalue weighted by atomic mass is 10.1. The van der Waals surface area contributed by atoms with Crippen molar-refractivity contribution in [3.63, 3.8) is 0 Å². The van der Waals surface area contributed by atoms with Crippen LogP contribution < -0.4 is 4.90 Å². The van der Waals surface area contributed by atoms with E-state index >= 15 is 0 Å². The predicted molar refractivity (Wildman–Crippen MR) is 81.0 cm³/mol. The molecule has 0 unspecified atom stereocenters. The number of benzene rings is 1. The number of hydrogen-bond acceptors (Lipinski definition) is 4. The molecule has 5 nitrogen and oxygen atoms in total. The fourth-order valence-electron chi connectivity index (χ4n) is 2.36. The number of fused-ring (bicyclic) bond motifs is 1. The molecule has 0 bridgehead atoms. The molecule has 1 amide bonds. The zero-order chi connectivity index (χ0) is 15.3. The van der Waals surface area contributed by atoms with Crippen LogP contribution in [0.15, 0.2) is 30.3 Å². The second-order valence-electron chi connectivity index (χ2n) is 4.42. The van der Waals surface area contributed by atoms with Crippen molar-refractivity contribution >= 4 is 17.9 Å². The van der Waals surface area contributed by atoms with Crippen molar-refractivity contribution in [2.24, 2.45) is 0 Å². The Hall–Kier alpha value is -1.85. The van der Waals surface area contributed by atoms with Crippen molar-refractivity contribution in [3.05, 3.63) is 35.9 Å². The van der Waals surface area contributed by atoms with E-state index in [0.29, 0.717) is 18.9 Å². The first-order chi connectivity index (χ1) is 10.2. The molecule has 2 rings (SSSR count). The van der Waals surface area contributed by atoms with Crippen molar-refractivity contribution in [1.82, 2.24) is 0 Å². The minimum Gasteiger partial charge on any atom is -0.449 e. The third kappa shape index (κ3) is 2.94. The summed E-state index contributed by atoms with van der Waals surface area (Å²) in [4.78, 5) is 13.9. The van der Waals surface area contributed by atoms with E-state index in [0.717, 1.165) is 5.56 Å². The fourth-order valence-corrected chi connectivity index (χ4v) is 2.36. The standard InChI is InChI=1S/C16H21NO4/c1-4-19-15(18)17-14-10-8-7-9-13(14)11-12-16(17,20-5-2)21-6-3/h7-12H,4-6H2,1-3H3. The van der Waals surface area contributed by atoms with Crippen molar-refractivity contribution in [1.29, 1.82) is 0 Å². The molecule has 5 heteroatoms. The van der Waals surface area contributed by atoms with Gasteiger partial charge in [0.05, 0.1) is 12.3 Å². The lowest BCUT2D eigenvalue weighted by Crippen LogP contribution is -2.56. The number of hydrogen-bond donors (Lipinski definition) is 0. The first-order valence-electron chi connectivity index (χ1n) is 7.21. The maximum atomic E-state index is 12.4. The SMILES string of the molecule is CCOC(=O)N1c2ccccc2C=CC1(OCC)OCC. The molecule has 0 spiro atoms. The van der Waals surface area contributed by atoms with Gasteiger partial charge in [-0.25, -0.2) is 9.69 Å². The van der Waals surface area contributed by atoms with Crippen LogP contribution in [0.4, 0.5) is 10.5 Å². The van der Waals surface area contributed by atoms with Crippen molar-refractivity contribution in [2.45, 2.75) is 26.7 Å². The third-order valence-corrected chi connectivity index (χ3v) is 3.12. The van der Waals surface area contributed by atoms with Gasteiger partial charge in [0.2, 0.25) is 0 Å². The van der Waals surface area contributed by atoms with Crippen LogP contribution in [0.25, 0.3) is 6.08 Å². The summed E-state index contributed by atoms with van der Waals surface area (Å²) in [5.74, 6) is -1.26. The minimum atomic E-state index is -1.26. The topological polar surface area (TPSA) is 48.0 Å². The Morgan fingerprint density at radius 3 is 2.38 bits per heavy atom. The summed E-state index contributed by atoms with van der Waals surface area (Å²) >= 11 is 0. The summed E-state index contributed by atoms with van der Waals surface area (Å²) in [7, 11) is 0. The van der Waals surface area contributed by atoms with Gasteiger partial charge < -0.3 is 14.2 Å².